The fourth-order valence-corrected chi connectivity index (χ4v) is 4.97. The zero-order valence-corrected chi connectivity index (χ0v) is 21.3. The number of hydrogen-bond donors (Lipinski definition) is 2. The third-order valence-electron chi connectivity index (χ3n) is 6.75. The Morgan fingerprint density at radius 1 is 1.25 bits per heavy atom. The fourth-order valence-electron chi connectivity index (χ4n) is 4.97. The molecular formula is C27H35N5O4. The lowest BCUT2D eigenvalue weighted by atomic mass is 10.0. The van der Waals surface area contributed by atoms with Crippen LogP contribution in [-0.2, 0) is 0 Å². The number of nitrogens with one attached hydrogen (secondary N) is 2. The van der Waals surface area contributed by atoms with Crippen LogP contribution in [0, 0.1) is 5.92 Å². The van der Waals surface area contributed by atoms with Gasteiger partial charge in [-0.3, -0.25) is 4.79 Å². The highest BCUT2D eigenvalue weighted by molar-refractivity contribution is 6.08. The van der Waals surface area contributed by atoms with E-state index in [9.17, 15) is 4.79 Å². The van der Waals surface area contributed by atoms with Crippen LogP contribution >= 0.6 is 0 Å². The van der Waals surface area contributed by atoms with E-state index in [0.717, 1.165) is 45.3 Å². The highest BCUT2D eigenvalue weighted by atomic mass is 16.7. The van der Waals surface area contributed by atoms with Gasteiger partial charge in [-0.1, -0.05) is 27.2 Å². The molecule has 5 rings (SSSR count). The molecule has 1 aromatic carbocycles. The highest BCUT2D eigenvalue weighted by Gasteiger charge is 2.28. The Labute approximate surface area is 211 Å². The second-order valence-electron chi connectivity index (χ2n) is 9.96. The normalized spacial score (nSPS) is 16.1. The molecule has 0 radical (unpaired) electrons. The Hall–Kier alpha value is -3.33. The number of amides is 1. The summed E-state index contributed by atoms with van der Waals surface area (Å²) in [4.78, 5) is 28.0. The van der Waals surface area contributed by atoms with Crippen LogP contribution < -0.4 is 19.5 Å². The summed E-state index contributed by atoms with van der Waals surface area (Å²) < 4.78 is 17.5. The van der Waals surface area contributed by atoms with E-state index in [2.05, 4.69) is 45.9 Å². The number of H-pyrrole nitrogens is 1. The number of fused-ring (bicyclic) bond motifs is 2. The van der Waals surface area contributed by atoms with E-state index in [1.54, 1.807) is 6.20 Å². The Morgan fingerprint density at radius 2 is 2.08 bits per heavy atom. The van der Waals surface area contributed by atoms with Crippen molar-refractivity contribution in [2.45, 2.75) is 52.5 Å². The Kier molecular flexibility index (Phi) is 7.27. The molecule has 1 fully saturated rings. The molecule has 36 heavy (non-hydrogen) atoms. The fraction of sp³-hybridized carbons (Fsp3) is 0.519. The van der Waals surface area contributed by atoms with Gasteiger partial charge in [-0.2, -0.15) is 0 Å². The Morgan fingerprint density at radius 3 is 2.86 bits per heavy atom. The first-order valence-electron chi connectivity index (χ1n) is 13.0. The molecule has 0 bridgehead atoms. The number of hydrogen-bond acceptors (Lipinski definition) is 7. The first-order valence-corrected chi connectivity index (χ1v) is 13.0. The van der Waals surface area contributed by atoms with Crippen molar-refractivity contribution in [3.63, 3.8) is 0 Å². The number of ether oxygens (including phenoxy) is 3. The smallest absolute Gasteiger partial charge is 0.255 e. The third kappa shape index (κ3) is 4.97. The van der Waals surface area contributed by atoms with E-state index < -0.39 is 0 Å². The van der Waals surface area contributed by atoms with Crippen molar-refractivity contribution < 1.29 is 19.0 Å². The minimum Gasteiger partial charge on any atom is -0.493 e. The van der Waals surface area contributed by atoms with E-state index in [1.165, 1.54) is 6.33 Å². The minimum atomic E-state index is -0.120. The molecule has 0 aliphatic carbocycles. The van der Waals surface area contributed by atoms with Gasteiger partial charge in [0.25, 0.3) is 5.91 Å². The van der Waals surface area contributed by atoms with Crippen molar-refractivity contribution >= 4 is 16.9 Å². The largest absolute Gasteiger partial charge is 0.493 e. The first kappa shape index (κ1) is 24.4. The summed E-state index contributed by atoms with van der Waals surface area (Å²) in [5, 5.41) is 3.22. The van der Waals surface area contributed by atoms with Gasteiger partial charge in [0.1, 0.15) is 23.3 Å². The van der Waals surface area contributed by atoms with Gasteiger partial charge in [-0.25, -0.2) is 9.97 Å². The quantitative estimate of drug-likeness (QED) is 0.427. The second kappa shape index (κ2) is 10.7. The average Bonchev–Trinajstić information content (AvgIpc) is 3.52. The molecule has 2 N–H and O–H groups in total. The maximum Gasteiger partial charge on any atom is 0.255 e. The number of likely N-dealkylation sites (tertiary alicyclic amines) is 1. The topological polar surface area (TPSA) is 102 Å². The van der Waals surface area contributed by atoms with Gasteiger partial charge in [0, 0.05) is 31.9 Å². The van der Waals surface area contributed by atoms with E-state index in [4.69, 9.17) is 14.2 Å². The summed E-state index contributed by atoms with van der Waals surface area (Å²) in [6.45, 7) is 10.4. The zero-order chi connectivity index (χ0) is 25.1. The second-order valence-corrected chi connectivity index (χ2v) is 9.96. The van der Waals surface area contributed by atoms with E-state index in [-0.39, 0.29) is 18.7 Å². The summed E-state index contributed by atoms with van der Waals surface area (Å²) in [5.41, 5.74) is 3.08. The molecule has 3 aromatic rings. The standard InChI is InChI=1S/C27H35N5O4/c1-4-5-12-34-20-6-7-21-26(36-16-35-21)22(20)24-25-23(29-15-30-24)19(13-28-25)27(33)31-18-8-10-32(11-9-18)14-17(2)3/h6-7,13,15,17-18,28H,4-5,8-12,14,16H2,1-3H3,(H,31,33). The number of benzene rings is 1. The third-order valence-corrected chi connectivity index (χ3v) is 6.75. The SMILES string of the molecule is CCCCOc1ccc2c(c1-c1ncnc3c(C(=O)NC4CCN(CC(C)C)CC4)c[nH]c13)OCO2. The van der Waals surface area contributed by atoms with Crippen molar-refractivity contribution in [3.05, 3.63) is 30.2 Å². The number of piperidine rings is 1. The highest BCUT2D eigenvalue weighted by Crippen LogP contribution is 2.47. The molecule has 1 saturated heterocycles. The summed E-state index contributed by atoms with van der Waals surface area (Å²) >= 11 is 0. The lowest BCUT2D eigenvalue weighted by Gasteiger charge is -2.33. The molecule has 2 aliphatic heterocycles. The van der Waals surface area contributed by atoms with E-state index in [0.29, 0.717) is 57.6 Å². The van der Waals surface area contributed by atoms with Crippen LogP contribution in [0.3, 0.4) is 0 Å². The Bertz CT molecular complexity index is 1220. The van der Waals surface area contributed by atoms with Crippen molar-refractivity contribution in [1.82, 2.24) is 25.2 Å². The number of aromatic amines is 1. The zero-order valence-electron chi connectivity index (χ0n) is 21.3. The maximum atomic E-state index is 13.2. The number of unbranched alkanes of at least 4 members (excludes halogenated alkanes) is 1. The molecule has 9 nitrogen and oxygen atoms in total. The van der Waals surface area contributed by atoms with Gasteiger partial charge in [-0.15, -0.1) is 0 Å². The van der Waals surface area contributed by atoms with Crippen LogP contribution in [0.5, 0.6) is 17.2 Å². The van der Waals surface area contributed by atoms with Crippen LogP contribution in [0.1, 0.15) is 56.8 Å². The van der Waals surface area contributed by atoms with Crippen LogP contribution in [0.15, 0.2) is 24.7 Å². The summed E-state index contributed by atoms with van der Waals surface area (Å²) in [6.07, 6.45) is 7.07. The molecule has 4 heterocycles. The average molecular weight is 494 g/mol. The summed E-state index contributed by atoms with van der Waals surface area (Å²) in [6, 6.07) is 3.90. The van der Waals surface area contributed by atoms with Gasteiger partial charge >= 0.3 is 0 Å². The van der Waals surface area contributed by atoms with Crippen molar-refractivity contribution in [2.24, 2.45) is 5.92 Å². The molecule has 0 atom stereocenters. The summed E-state index contributed by atoms with van der Waals surface area (Å²) in [5.74, 6) is 2.44. The first-order chi connectivity index (χ1) is 17.5. The molecule has 2 aliphatic rings. The molecule has 0 unspecified atom stereocenters. The predicted molar refractivity (Wildman–Crippen MR) is 138 cm³/mol. The minimum absolute atomic E-state index is 0.120. The predicted octanol–water partition coefficient (Wildman–Crippen LogP) is 4.38. The lowest BCUT2D eigenvalue weighted by Crippen LogP contribution is -2.45. The van der Waals surface area contributed by atoms with Gasteiger partial charge in [0.15, 0.2) is 11.5 Å². The molecule has 192 valence electrons. The number of carbonyl (C=O) groups excluding carboxylic acids is 1. The van der Waals surface area contributed by atoms with Crippen molar-refractivity contribution in [3.8, 4) is 28.5 Å². The summed E-state index contributed by atoms with van der Waals surface area (Å²) in [7, 11) is 0. The van der Waals surface area contributed by atoms with Gasteiger partial charge < -0.3 is 29.4 Å². The molecule has 0 saturated carbocycles. The van der Waals surface area contributed by atoms with Crippen molar-refractivity contribution in [2.75, 3.05) is 33.0 Å². The number of nitrogens with zero attached hydrogens (tertiary/aromatic N) is 3. The van der Waals surface area contributed by atoms with E-state index in [1.807, 2.05) is 12.1 Å². The van der Waals surface area contributed by atoms with Crippen molar-refractivity contribution in [1.29, 1.82) is 0 Å². The van der Waals surface area contributed by atoms with Crippen LogP contribution in [0.25, 0.3) is 22.3 Å². The molecule has 2 aromatic heterocycles. The van der Waals surface area contributed by atoms with Gasteiger partial charge in [0.05, 0.1) is 23.3 Å². The number of aromatic nitrogens is 3. The molecule has 0 spiro atoms. The van der Waals surface area contributed by atoms with Gasteiger partial charge in [0.2, 0.25) is 6.79 Å². The number of rotatable bonds is 9. The molecule has 1 amide bonds. The van der Waals surface area contributed by atoms with Gasteiger partial charge in [-0.05, 0) is 37.3 Å². The monoisotopic (exact) mass is 493 g/mol. The Balaban J connectivity index is 1.40. The molecular weight excluding hydrogens is 458 g/mol. The maximum absolute atomic E-state index is 13.2. The lowest BCUT2D eigenvalue weighted by molar-refractivity contribution is 0.0909. The van der Waals surface area contributed by atoms with E-state index >= 15 is 0 Å². The molecule has 9 heteroatoms. The van der Waals surface area contributed by atoms with Crippen LogP contribution in [0.2, 0.25) is 0 Å². The van der Waals surface area contributed by atoms with Crippen LogP contribution in [0.4, 0.5) is 0 Å². The number of carbonyl (C=O) groups is 1. The van der Waals surface area contributed by atoms with Crippen LogP contribution in [-0.4, -0.2) is 64.8 Å².